The highest BCUT2D eigenvalue weighted by Gasteiger charge is 2.36. The van der Waals surface area contributed by atoms with Crippen molar-refractivity contribution in [2.24, 2.45) is 0 Å². The molecule has 2 heterocycles. The van der Waals surface area contributed by atoms with Gasteiger partial charge in [-0.2, -0.15) is 13.2 Å². The fourth-order valence-electron chi connectivity index (χ4n) is 3.96. The smallest absolute Gasteiger partial charge is 0.361 e. The predicted octanol–water partition coefficient (Wildman–Crippen LogP) is 5.46. The van der Waals surface area contributed by atoms with E-state index in [1.54, 1.807) is 18.5 Å². The summed E-state index contributed by atoms with van der Waals surface area (Å²) in [5.41, 5.74) is 1.68. The van der Waals surface area contributed by atoms with Crippen molar-refractivity contribution in [3.63, 3.8) is 0 Å². The Labute approximate surface area is 183 Å². The van der Waals surface area contributed by atoms with Gasteiger partial charge in [0.15, 0.2) is 0 Å². The fraction of sp³-hybridized carbons (Fsp3) is 0.200. The summed E-state index contributed by atoms with van der Waals surface area (Å²) < 4.78 is 41.3. The van der Waals surface area contributed by atoms with E-state index in [1.807, 2.05) is 42.5 Å². The molecule has 0 aliphatic carbocycles. The van der Waals surface area contributed by atoms with Crippen LogP contribution >= 0.6 is 0 Å². The molecule has 2 aromatic carbocycles. The zero-order chi connectivity index (χ0) is 22.6. The minimum Gasteiger partial charge on any atom is -0.361 e. The Morgan fingerprint density at radius 1 is 0.969 bits per heavy atom. The van der Waals surface area contributed by atoms with Crippen LogP contribution in [0.4, 0.5) is 13.2 Å². The topological polar surface area (TPSA) is 57.8 Å². The Hall–Kier alpha value is -3.61. The van der Waals surface area contributed by atoms with Gasteiger partial charge in [0.1, 0.15) is 0 Å². The molecular formula is C25H22F3N3O. The van der Waals surface area contributed by atoms with Gasteiger partial charge in [-0.15, -0.1) is 0 Å². The molecule has 0 spiro atoms. The van der Waals surface area contributed by atoms with Crippen molar-refractivity contribution in [1.29, 1.82) is 0 Å². The number of amides is 1. The molecule has 1 atom stereocenters. The molecule has 7 heteroatoms. The molecule has 0 radical (unpaired) electrons. The second-order valence-electron chi connectivity index (χ2n) is 7.55. The summed E-state index contributed by atoms with van der Waals surface area (Å²) in [5.74, 6) is -1.06. The number of pyridine rings is 1. The van der Waals surface area contributed by atoms with Gasteiger partial charge < -0.3 is 10.3 Å². The Morgan fingerprint density at radius 2 is 1.72 bits per heavy atom. The van der Waals surface area contributed by atoms with E-state index in [9.17, 15) is 18.0 Å². The van der Waals surface area contributed by atoms with Crippen molar-refractivity contribution >= 4 is 16.8 Å². The Kier molecular flexibility index (Phi) is 6.25. The number of hydrogen-bond donors (Lipinski definition) is 2. The first-order valence-corrected chi connectivity index (χ1v) is 10.3. The first-order chi connectivity index (χ1) is 15.4. The van der Waals surface area contributed by atoms with Crippen LogP contribution in [0.3, 0.4) is 0 Å². The number of nitrogens with one attached hydrogen (secondary N) is 2. The summed E-state index contributed by atoms with van der Waals surface area (Å²) >= 11 is 0. The van der Waals surface area contributed by atoms with E-state index in [4.69, 9.17) is 0 Å². The number of carbonyl (C=O) groups is 1. The van der Waals surface area contributed by atoms with Crippen molar-refractivity contribution in [1.82, 2.24) is 15.3 Å². The average molecular weight is 437 g/mol. The van der Waals surface area contributed by atoms with Gasteiger partial charge in [0.25, 0.3) is 0 Å². The highest BCUT2D eigenvalue weighted by atomic mass is 19.4. The zero-order valence-electron chi connectivity index (χ0n) is 17.2. The lowest BCUT2D eigenvalue weighted by Gasteiger charge is -2.21. The van der Waals surface area contributed by atoms with Crippen LogP contribution in [-0.2, 0) is 17.4 Å². The number of aromatic amines is 1. The van der Waals surface area contributed by atoms with Gasteiger partial charge >= 0.3 is 6.18 Å². The van der Waals surface area contributed by atoms with Crippen molar-refractivity contribution in [3.8, 4) is 0 Å². The van der Waals surface area contributed by atoms with E-state index >= 15 is 0 Å². The maximum Gasteiger partial charge on any atom is 0.416 e. The van der Waals surface area contributed by atoms with Crippen LogP contribution in [0, 0.1) is 0 Å². The molecule has 4 rings (SSSR count). The molecule has 4 nitrogen and oxygen atoms in total. The number of aromatic nitrogens is 2. The summed E-state index contributed by atoms with van der Waals surface area (Å²) in [5, 5.41) is 3.63. The third-order valence-corrected chi connectivity index (χ3v) is 5.46. The first kappa shape index (κ1) is 21.6. The lowest BCUT2D eigenvalue weighted by molar-refractivity contribution is -0.138. The van der Waals surface area contributed by atoms with Crippen LogP contribution < -0.4 is 5.32 Å². The van der Waals surface area contributed by atoms with Crippen molar-refractivity contribution in [2.75, 3.05) is 6.54 Å². The lowest BCUT2D eigenvalue weighted by Crippen LogP contribution is -2.28. The number of hydrogen-bond acceptors (Lipinski definition) is 2. The number of rotatable bonds is 7. The van der Waals surface area contributed by atoms with Gasteiger partial charge in [-0.3, -0.25) is 9.78 Å². The normalized spacial score (nSPS) is 12.6. The Balaban J connectivity index is 1.62. The zero-order valence-corrected chi connectivity index (χ0v) is 17.2. The molecule has 0 bridgehead atoms. The molecule has 2 aromatic heterocycles. The van der Waals surface area contributed by atoms with Crippen LogP contribution in [0.1, 0.15) is 34.7 Å². The van der Waals surface area contributed by atoms with Gasteiger partial charge in [0, 0.05) is 54.3 Å². The number of H-pyrrole nitrogens is 1. The number of para-hydroxylation sites is 1. The monoisotopic (exact) mass is 437 g/mol. The molecule has 4 aromatic rings. The minimum absolute atomic E-state index is 0.0876. The molecule has 1 unspecified atom stereocenters. The van der Waals surface area contributed by atoms with Gasteiger partial charge in [0.05, 0.1) is 5.56 Å². The fourth-order valence-corrected chi connectivity index (χ4v) is 3.96. The third kappa shape index (κ3) is 4.82. The Morgan fingerprint density at radius 3 is 2.50 bits per heavy atom. The quantitative estimate of drug-likeness (QED) is 0.403. The number of halogens is 3. The van der Waals surface area contributed by atoms with Crippen LogP contribution in [-0.4, -0.2) is 22.4 Å². The number of carbonyl (C=O) groups excluding carboxylic acids is 1. The van der Waals surface area contributed by atoms with E-state index in [-0.39, 0.29) is 17.9 Å². The standard InChI is InChI=1S/C25H22F3N3O/c26-25(27,28)22-10-3-1-8-18(22)20(21-16-31-23-11-4-2-9-19(21)23)15-24(32)30-14-12-17-7-5-6-13-29-17/h1-11,13,16,20,31H,12,14-15H2,(H,30,32). The molecule has 32 heavy (non-hydrogen) atoms. The first-order valence-electron chi connectivity index (χ1n) is 10.3. The van der Waals surface area contributed by atoms with Crippen molar-refractivity contribution < 1.29 is 18.0 Å². The van der Waals surface area contributed by atoms with E-state index < -0.39 is 17.7 Å². The molecule has 0 saturated carbocycles. The largest absolute Gasteiger partial charge is 0.416 e. The number of nitrogens with zero attached hydrogens (tertiary/aromatic N) is 1. The average Bonchev–Trinajstić information content (AvgIpc) is 3.22. The summed E-state index contributed by atoms with van der Waals surface area (Å²) in [7, 11) is 0. The van der Waals surface area contributed by atoms with E-state index in [1.165, 1.54) is 12.1 Å². The van der Waals surface area contributed by atoms with Gasteiger partial charge in [-0.1, -0.05) is 42.5 Å². The van der Waals surface area contributed by atoms with Crippen LogP contribution in [0.5, 0.6) is 0 Å². The van der Waals surface area contributed by atoms with Crippen molar-refractivity contribution in [2.45, 2.75) is 24.9 Å². The minimum atomic E-state index is -4.52. The maximum absolute atomic E-state index is 13.8. The number of benzene rings is 2. The third-order valence-electron chi connectivity index (χ3n) is 5.46. The summed E-state index contributed by atoms with van der Waals surface area (Å²) in [6, 6.07) is 18.4. The molecular weight excluding hydrogens is 415 g/mol. The molecule has 1 amide bonds. The second-order valence-corrected chi connectivity index (χ2v) is 7.55. The summed E-state index contributed by atoms with van der Waals surface area (Å²) in [6.07, 6.45) is -0.695. The SMILES string of the molecule is O=C(CC(c1ccccc1C(F)(F)F)c1c[nH]c2ccccc12)NCCc1ccccn1. The van der Waals surface area contributed by atoms with Crippen LogP contribution in [0.2, 0.25) is 0 Å². The molecule has 2 N–H and O–H groups in total. The molecule has 0 aliphatic heterocycles. The highest BCUT2D eigenvalue weighted by Crippen LogP contribution is 2.40. The number of fused-ring (bicyclic) bond motifs is 1. The predicted molar refractivity (Wildman–Crippen MR) is 117 cm³/mol. The molecule has 164 valence electrons. The van der Waals surface area contributed by atoms with Crippen LogP contribution in [0.25, 0.3) is 10.9 Å². The molecule has 0 saturated heterocycles. The summed E-state index contributed by atoms with van der Waals surface area (Å²) in [4.78, 5) is 20.1. The second kappa shape index (κ2) is 9.26. The van der Waals surface area contributed by atoms with E-state index in [0.717, 1.165) is 22.7 Å². The van der Waals surface area contributed by atoms with Gasteiger partial charge in [-0.05, 0) is 35.4 Å². The molecule has 0 fully saturated rings. The lowest BCUT2D eigenvalue weighted by atomic mass is 9.85. The van der Waals surface area contributed by atoms with E-state index in [2.05, 4.69) is 15.3 Å². The van der Waals surface area contributed by atoms with Gasteiger partial charge in [-0.25, -0.2) is 0 Å². The maximum atomic E-state index is 13.8. The van der Waals surface area contributed by atoms with E-state index in [0.29, 0.717) is 18.5 Å². The number of alkyl halides is 3. The highest BCUT2D eigenvalue weighted by molar-refractivity contribution is 5.86. The van der Waals surface area contributed by atoms with Gasteiger partial charge in [0.2, 0.25) is 5.91 Å². The van der Waals surface area contributed by atoms with Crippen LogP contribution in [0.15, 0.2) is 79.1 Å². The Bertz CT molecular complexity index is 1200. The molecule has 0 aliphatic rings. The van der Waals surface area contributed by atoms with Crippen molar-refractivity contribution in [3.05, 3.63) is 102 Å². The summed E-state index contributed by atoms with van der Waals surface area (Å²) in [6.45, 7) is 0.359.